The van der Waals surface area contributed by atoms with Gasteiger partial charge < -0.3 is 14.2 Å². The minimum atomic E-state index is -4.02. The number of aryl methyl sites for hydroxylation is 2. The van der Waals surface area contributed by atoms with Crippen LogP contribution in [0.25, 0.3) is 10.9 Å². The summed E-state index contributed by atoms with van der Waals surface area (Å²) in [5.74, 6) is -0.203. The van der Waals surface area contributed by atoms with E-state index in [0.29, 0.717) is 53.8 Å². The molecule has 0 N–H and O–H groups in total. The molecule has 4 aromatic rings. The molecule has 0 amide bonds. The van der Waals surface area contributed by atoms with Crippen molar-refractivity contribution in [3.63, 3.8) is 0 Å². The molecule has 39 heavy (non-hydrogen) atoms. The molecule has 9 heteroatoms. The standard InChI is InChI=1S/C30H30N2O6S/c1-4-21-12-14-25(38-26-9-6-16-31-29(26)36-3)23(18-21)30(15-7-17-37-30)28(33)19-39(34,35)27-10-5-8-24-22(27)13-11-20(2)32-24/h5-6,8-14,16,18H,4,7,15,17,19H2,1-3H3/t30-/m1/s1. The first-order valence-electron chi connectivity index (χ1n) is 12.8. The fraction of sp³-hybridized carbons (Fsp3) is 0.300. The zero-order valence-corrected chi connectivity index (χ0v) is 23.0. The van der Waals surface area contributed by atoms with Crippen LogP contribution in [0.5, 0.6) is 17.4 Å². The third kappa shape index (κ3) is 5.12. The maximum atomic E-state index is 14.1. The number of rotatable bonds is 9. The van der Waals surface area contributed by atoms with Crippen LogP contribution in [0.4, 0.5) is 0 Å². The molecular formula is C30H30N2O6S. The Morgan fingerprint density at radius 3 is 2.67 bits per heavy atom. The number of hydrogen-bond acceptors (Lipinski definition) is 8. The summed E-state index contributed by atoms with van der Waals surface area (Å²) in [5.41, 5.74) is 1.34. The lowest BCUT2D eigenvalue weighted by molar-refractivity contribution is -0.137. The van der Waals surface area contributed by atoms with E-state index >= 15 is 0 Å². The fourth-order valence-corrected chi connectivity index (χ4v) is 6.54. The summed E-state index contributed by atoms with van der Waals surface area (Å²) in [5, 5.41) is 0.484. The van der Waals surface area contributed by atoms with Crippen LogP contribution in [-0.2, 0) is 31.4 Å². The highest BCUT2D eigenvalue weighted by molar-refractivity contribution is 7.92. The third-order valence-corrected chi connectivity index (χ3v) is 8.66. The van der Waals surface area contributed by atoms with Gasteiger partial charge in [0.05, 0.1) is 17.5 Å². The van der Waals surface area contributed by atoms with Crippen LogP contribution in [0.3, 0.4) is 0 Å². The smallest absolute Gasteiger partial charge is 0.257 e. The quantitative estimate of drug-likeness (QED) is 0.277. The molecule has 1 aliphatic heterocycles. The molecular weight excluding hydrogens is 516 g/mol. The van der Waals surface area contributed by atoms with Crippen molar-refractivity contribution in [3.05, 3.63) is 83.7 Å². The first-order chi connectivity index (χ1) is 18.8. The van der Waals surface area contributed by atoms with Crippen LogP contribution < -0.4 is 9.47 Å². The van der Waals surface area contributed by atoms with E-state index in [4.69, 9.17) is 14.2 Å². The van der Waals surface area contributed by atoms with Crippen molar-refractivity contribution < 1.29 is 27.4 Å². The van der Waals surface area contributed by atoms with Crippen molar-refractivity contribution >= 4 is 26.5 Å². The van der Waals surface area contributed by atoms with Gasteiger partial charge in [-0.3, -0.25) is 9.78 Å². The number of methoxy groups -OCH3 is 1. The van der Waals surface area contributed by atoms with Crippen LogP contribution in [0, 0.1) is 6.92 Å². The summed E-state index contributed by atoms with van der Waals surface area (Å²) in [6.45, 7) is 4.18. The molecule has 0 spiro atoms. The number of carbonyl (C=O) groups is 1. The van der Waals surface area contributed by atoms with Gasteiger partial charge >= 0.3 is 0 Å². The molecule has 202 valence electrons. The Balaban J connectivity index is 1.57. The number of carbonyl (C=O) groups excluding carboxylic acids is 1. The van der Waals surface area contributed by atoms with E-state index in [1.54, 1.807) is 48.7 Å². The Kier molecular flexibility index (Phi) is 7.38. The average Bonchev–Trinajstić information content (AvgIpc) is 3.44. The first kappa shape index (κ1) is 26.8. The van der Waals surface area contributed by atoms with Gasteiger partial charge in [0.25, 0.3) is 5.88 Å². The van der Waals surface area contributed by atoms with E-state index in [2.05, 4.69) is 9.97 Å². The SMILES string of the molecule is CCc1ccc(Oc2cccnc2OC)c([C@@]2(C(=O)CS(=O)(=O)c3cccc4nc(C)ccc34)CCCO2)c1. The van der Waals surface area contributed by atoms with Crippen LogP contribution in [0.15, 0.2) is 71.8 Å². The third-order valence-electron chi connectivity index (χ3n) is 7.00. The minimum Gasteiger partial charge on any atom is -0.478 e. The molecule has 0 radical (unpaired) electrons. The number of nitrogens with zero attached hydrogens (tertiary/aromatic N) is 2. The van der Waals surface area contributed by atoms with Crippen molar-refractivity contribution in [1.82, 2.24) is 9.97 Å². The number of ether oxygens (including phenoxy) is 3. The van der Waals surface area contributed by atoms with E-state index < -0.39 is 27.0 Å². The van der Waals surface area contributed by atoms with Crippen molar-refractivity contribution in [2.24, 2.45) is 0 Å². The molecule has 0 bridgehead atoms. The van der Waals surface area contributed by atoms with Crippen LogP contribution in [0.1, 0.15) is 36.6 Å². The molecule has 1 atom stereocenters. The van der Waals surface area contributed by atoms with Crippen LogP contribution >= 0.6 is 0 Å². The number of hydrogen-bond donors (Lipinski definition) is 0. The topological polar surface area (TPSA) is 105 Å². The lowest BCUT2D eigenvalue weighted by atomic mass is 9.85. The van der Waals surface area contributed by atoms with Gasteiger partial charge in [-0.2, -0.15) is 0 Å². The largest absolute Gasteiger partial charge is 0.478 e. The van der Waals surface area contributed by atoms with Crippen molar-refractivity contribution in [2.45, 2.75) is 43.6 Å². The zero-order chi connectivity index (χ0) is 27.6. The fourth-order valence-electron chi connectivity index (χ4n) is 5.02. The predicted molar refractivity (Wildman–Crippen MR) is 147 cm³/mol. The summed E-state index contributed by atoms with van der Waals surface area (Å²) in [4.78, 5) is 22.8. The summed E-state index contributed by atoms with van der Waals surface area (Å²) in [6.07, 6.45) is 3.25. The number of sulfone groups is 1. The molecule has 2 aromatic heterocycles. The Morgan fingerprint density at radius 1 is 1.08 bits per heavy atom. The monoisotopic (exact) mass is 546 g/mol. The second kappa shape index (κ2) is 10.7. The maximum absolute atomic E-state index is 14.1. The zero-order valence-electron chi connectivity index (χ0n) is 22.1. The van der Waals surface area contributed by atoms with Gasteiger partial charge in [0.2, 0.25) is 0 Å². The van der Waals surface area contributed by atoms with Crippen LogP contribution in [0.2, 0.25) is 0 Å². The van der Waals surface area contributed by atoms with Gasteiger partial charge in [-0.05, 0) is 80.3 Å². The Labute approximate surface area is 227 Å². The Bertz CT molecular complexity index is 1640. The number of fused-ring (bicyclic) bond motifs is 1. The van der Waals surface area contributed by atoms with Crippen molar-refractivity contribution in [3.8, 4) is 17.4 Å². The number of aromatic nitrogens is 2. The average molecular weight is 547 g/mol. The highest BCUT2D eigenvalue weighted by atomic mass is 32.2. The highest BCUT2D eigenvalue weighted by Gasteiger charge is 2.48. The van der Waals surface area contributed by atoms with Gasteiger partial charge in [-0.25, -0.2) is 13.4 Å². The van der Waals surface area contributed by atoms with Gasteiger partial charge in [0, 0.05) is 29.4 Å². The number of benzene rings is 2. The highest BCUT2D eigenvalue weighted by Crippen LogP contribution is 2.45. The Hall–Kier alpha value is -3.82. The molecule has 1 saturated heterocycles. The molecule has 1 fully saturated rings. The number of ketones is 1. The lowest BCUT2D eigenvalue weighted by Crippen LogP contribution is -2.39. The second-order valence-electron chi connectivity index (χ2n) is 9.53. The van der Waals surface area contributed by atoms with Gasteiger partial charge in [0.1, 0.15) is 11.5 Å². The summed E-state index contributed by atoms with van der Waals surface area (Å²) in [7, 11) is -2.52. The van der Waals surface area contributed by atoms with E-state index in [-0.39, 0.29) is 10.8 Å². The van der Waals surface area contributed by atoms with Crippen molar-refractivity contribution in [2.75, 3.05) is 19.5 Å². The molecule has 8 nitrogen and oxygen atoms in total. The van der Waals surface area contributed by atoms with E-state index in [9.17, 15) is 13.2 Å². The number of Topliss-reactive ketones (excluding diaryl/α,β-unsaturated/α-hetero) is 1. The van der Waals surface area contributed by atoms with Gasteiger partial charge in [-0.15, -0.1) is 0 Å². The minimum absolute atomic E-state index is 0.0767. The predicted octanol–water partition coefficient (Wildman–Crippen LogP) is 5.35. The molecule has 0 saturated carbocycles. The maximum Gasteiger partial charge on any atom is 0.257 e. The molecule has 0 aliphatic carbocycles. The lowest BCUT2D eigenvalue weighted by Gasteiger charge is -2.30. The summed E-state index contributed by atoms with van der Waals surface area (Å²) < 4.78 is 45.1. The molecule has 3 heterocycles. The molecule has 2 aromatic carbocycles. The summed E-state index contributed by atoms with van der Waals surface area (Å²) in [6, 6.07) is 17.4. The van der Waals surface area contributed by atoms with E-state index in [1.807, 2.05) is 26.0 Å². The van der Waals surface area contributed by atoms with E-state index in [1.165, 1.54) is 13.2 Å². The van der Waals surface area contributed by atoms with E-state index in [0.717, 1.165) is 11.3 Å². The van der Waals surface area contributed by atoms with Crippen molar-refractivity contribution in [1.29, 1.82) is 0 Å². The molecule has 5 rings (SSSR count). The molecule has 1 aliphatic rings. The van der Waals surface area contributed by atoms with Gasteiger partial charge in [-0.1, -0.05) is 19.1 Å². The second-order valence-corrected chi connectivity index (χ2v) is 11.5. The normalized spacial score (nSPS) is 17.3. The Morgan fingerprint density at radius 2 is 1.92 bits per heavy atom. The first-order valence-corrected chi connectivity index (χ1v) is 14.5. The van der Waals surface area contributed by atoms with Crippen LogP contribution in [-0.4, -0.2) is 43.6 Å². The number of pyridine rings is 2. The van der Waals surface area contributed by atoms with Gasteiger partial charge in [0.15, 0.2) is 27.0 Å². The summed E-state index contributed by atoms with van der Waals surface area (Å²) >= 11 is 0. The molecule has 0 unspecified atom stereocenters.